The van der Waals surface area contributed by atoms with E-state index < -0.39 is 0 Å². The van der Waals surface area contributed by atoms with Crippen LogP contribution in [0.2, 0.25) is 0 Å². The number of thiazole rings is 1. The molecule has 3 rings (SSSR count). The second-order valence-electron chi connectivity index (χ2n) is 9.89. The van der Waals surface area contributed by atoms with Crippen molar-refractivity contribution in [2.24, 2.45) is 0 Å². The van der Waals surface area contributed by atoms with Crippen LogP contribution in [0.25, 0.3) is 0 Å². The number of aromatic nitrogens is 1. The average Bonchev–Trinajstić information content (AvgIpc) is 3.21. The summed E-state index contributed by atoms with van der Waals surface area (Å²) in [6, 6.07) is 0.223. The van der Waals surface area contributed by atoms with Crippen LogP contribution in [0, 0.1) is 0 Å². The minimum atomic E-state index is -0.0929. The van der Waals surface area contributed by atoms with Gasteiger partial charge < -0.3 is 15.5 Å². The summed E-state index contributed by atoms with van der Waals surface area (Å²) in [6.07, 6.45) is 7.02. The Labute approximate surface area is 191 Å². The fourth-order valence-corrected chi connectivity index (χ4v) is 5.09. The predicted octanol–water partition coefficient (Wildman–Crippen LogP) is 3.50. The monoisotopic (exact) mass is 449 g/mol. The van der Waals surface area contributed by atoms with Crippen molar-refractivity contribution in [3.63, 3.8) is 0 Å². The third-order valence-corrected chi connectivity index (χ3v) is 7.41. The number of nitrogens with zero attached hydrogens (tertiary/aromatic N) is 3. The lowest BCUT2D eigenvalue weighted by Gasteiger charge is -2.34. The number of piperazine rings is 1. The second-order valence-corrected chi connectivity index (χ2v) is 10.7. The molecule has 0 atom stereocenters. The first kappa shape index (κ1) is 24.0. The molecule has 2 aliphatic rings. The van der Waals surface area contributed by atoms with Gasteiger partial charge >= 0.3 is 6.03 Å². The van der Waals surface area contributed by atoms with Gasteiger partial charge in [-0.05, 0) is 19.3 Å². The molecule has 0 radical (unpaired) electrons. The van der Waals surface area contributed by atoms with Gasteiger partial charge in [-0.3, -0.25) is 9.69 Å². The summed E-state index contributed by atoms with van der Waals surface area (Å²) in [5, 5.41) is 9.29. The number of hydrogen-bond acceptors (Lipinski definition) is 5. The van der Waals surface area contributed by atoms with Gasteiger partial charge in [0.05, 0.1) is 10.7 Å². The molecule has 0 unspecified atom stereocenters. The van der Waals surface area contributed by atoms with E-state index in [4.69, 9.17) is 4.98 Å². The minimum absolute atomic E-state index is 0.0929. The van der Waals surface area contributed by atoms with Crippen molar-refractivity contribution in [1.82, 2.24) is 25.4 Å². The standard InChI is InChI=1S/C23H39N5O2S/c1-23(2,3)21-25-19(17-31-21)16-27-12-14-28(15-13-27)20(29)10-7-11-24-22(30)26-18-8-5-4-6-9-18/h17-18H,4-16H2,1-3H3,(H2,24,26,30). The molecule has 1 aliphatic carbocycles. The lowest BCUT2D eigenvalue weighted by Crippen LogP contribution is -2.48. The molecule has 174 valence electrons. The van der Waals surface area contributed by atoms with Crippen molar-refractivity contribution in [2.45, 2.75) is 83.7 Å². The van der Waals surface area contributed by atoms with Crippen molar-refractivity contribution in [2.75, 3.05) is 32.7 Å². The van der Waals surface area contributed by atoms with Gasteiger partial charge in [0.15, 0.2) is 0 Å². The molecule has 1 aliphatic heterocycles. The average molecular weight is 450 g/mol. The van der Waals surface area contributed by atoms with Crippen LogP contribution in [-0.4, -0.2) is 65.5 Å². The van der Waals surface area contributed by atoms with Crippen LogP contribution >= 0.6 is 11.3 Å². The molecule has 7 nitrogen and oxygen atoms in total. The van der Waals surface area contributed by atoms with Crippen molar-refractivity contribution < 1.29 is 9.59 Å². The van der Waals surface area contributed by atoms with Gasteiger partial charge in [-0.1, -0.05) is 40.0 Å². The Bertz CT molecular complexity index is 716. The first-order chi connectivity index (χ1) is 14.8. The second kappa shape index (κ2) is 11.3. The van der Waals surface area contributed by atoms with Crippen molar-refractivity contribution in [3.05, 3.63) is 16.1 Å². The molecule has 2 fully saturated rings. The molecule has 1 saturated heterocycles. The third-order valence-electron chi connectivity index (χ3n) is 6.10. The number of carbonyl (C=O) groups is 2. The maximum absolute atomic E-state index is 12.5. The lowest BCUT2D eigenvalue weighted by molar-refractivity contribution is -0.133. The quantitative estimate of drug-likeness (QED) is 0.625. The molecule has 3 amide bonds. The fourth-order valence-electron chi connectivity index (χ4n) is 4.19. The van der Waals surface area contributed by atoms with Crippen LogP contribution in [0.4, 0.5) is 4.79 Å². The van der Waals surface area contributed by atoms with E-state index in [2.05, 4.69) is 41.7 Å². The number of nitrogens with one attached hydrogen (secondary N) is 2. The molecule has 0 bridgehead atoms. The first-order valence-electron chi connectivity index (χ1n) is 11.8. The minimum Gasteiger partial charge on any atom is -0.340 e. The SMILES string of the molecule is CC(C)(C)c1nc(CN2CCN(C(=O)CCCNC(=O)NC3CCCCC3)CC2)cs1. The van der Waals surface area contributed by atoms with Gasteiger partial charge in [0.1, 0.15) is 0 Å². The lowest BCUT2D eigenvalue weighted by atomic mass is 9.96. The molecular weight excluding hydrogens is 410 g/mol. The van der Waals surface area contributed by atoms with Gasteiger partial charge in [-0.25, -0.2) is 9.78 Å². The molecular formula is C23H39N5O2S. The molecule has 8 heteroatoms. The summed E-state index contributed by atoms with van der Waals surface area (Å²) in [6.45, 7) is 11.3. The molecule has 0 spiro atoms. The molecule has 2 N–H and O–H groups in total. The third kappa shape index (κ3) is 7.75. The highest BCUT2D eigenvalue weighted by Gasteiger charge is 2.23. The van der Waals surface area contributed by atoms with Gasteiger partial charge in [-0.2, -0.15) is 0 Å². The Hall–Kier alpha value is -1.67. The van der Waals surface area contributed by atoms with Crippen LogP contribution in [0.1, 0.15) is 76.4 Å². The van der Waals surface area contributed by atoms with Crippen LogP contribution in [0.15, 0.2) is 5.38 Å². The smallest absolute Gasteiger partial charge is 0.315 e. The Morgan fingerprint density at radius 1 is 1.13 bits per heavy atom. The van der Waals surface area contributed by atoms with Crippen LogP contribution in [0.3, 0.4) is 0 Å². The fraction of sp³-hybridized carbons (Fsp3) is 0.783. The van der Waals surface area contributed by atoms with E-state index in [1.54, 1.807) is 11.3 Å². The maximum atomic E-state index is 12.5. The van der Waals surface area contributed by atoms with Crippen molar-refractivity contribution in [1.29, 1.82) is 0 Å². The summed E-state index contributed by atoms with van der Waals surface area (Å²) >= 11 is 1.74. The molecule has 2 heterocycles. The summed E-state index contributed by atoms with van der Waals surface area (Å²) in [7, 11) is 0. The Kier molecular flexibility index (Phi) is 8.72. The van der Waals surface area contributed by atoms with E-state index in [0.29, 0.717) is 25.4 Å². The van der Waals surface area contributed by atoms with Gasteiger partial charge in [-0.15, -0.1) is 11.3 Å². The van der Waals surface area contributed by atoms with E-state index in [1.807, 2.05) is 4.90 Å². The van der Waals surface area contributed by atoms with Crippen LogP contribution < -0.4 is 10.6 Å². The highest BCUT2D eigenvalue weighted by Crippen LogP contribution is 2.26. The Balaban J connectivity index is 1.28. The highest BCUT2D eigenvalue weighted by atomic mass is 32.1. The van der Waals surface area contributed by atoms with E-state index in [0.717, 1.165) is 51.3 Å². The Morgan fingerprint density at radius 2 is 1.84 bits per heavy atom. The van der Waals surface area contributed by atoms with Gasteiger partial charge in [0, 0.05) is 62.5 Å². The maximum Gasteiger partial charge on any atom is 0.315 e. The van der Waals surface area contributed by atoms with E-state index in [-0.39, 0.29) is 17.4 Å². The van der Waals surface area contributed by atoms with E-state index in [9.17, 15) is 9.59 Å². The summed E-state index contributed by atoms with van der Waals surface area (Å²) in [5.41, 5.74) is 1.23. The molecule has 31 heavy (non-hydrogen) atoms. The summed E-state index contributed by atoms with van der Waals surface area (Å²) in [4.78, 5) is 33.6. The number of carbonyl (C=O) groups excluding carboxylic acids is 2. The number of amides is 3. The number of rotatable bonds is 7. The van der Waals surface area contributed by atoms with Crippen molar-refractivity contribution in [3.8, 4) is 0 Å². The summed E-state index contributed by atoms with van der Waals surface area (Å²) in [5.74, 6) is 0.192. The zero-order valence-electron chi connectivity index (χ0n) is 19.4. The van der Waals surface area contributed by atoms with Crippen LogP contribution in [0.5, 0.6) is 0 Å². The van der Waals surface area contributed by atoms with Gasteiger partial charge in [0.25, 0.3) is 0 Å². The van der Waals surface area contributed by atoms with E-state index in [1.165, 1.54) is 24.3 Å². The number of urea groups is 1. The molecule has 0 aromatic carbocycles. The zero-order valence-corrected chi connectivity index (χ0v) is 20.2. The largest absolute Gasteiger partial charge is 0.340 e. The molecule has 1 aromatic heterocycles. The zero-order chi connectivity index (χ0) is 22.3. The normalized spacial score (nSPS) is 18.7. The van der Waals surface area contributed by atoms with Crippen molar-refractivity contribution >= 4 is 23.3 Å². The molecule has 1 aromatic rings. The molecule has 1 saturated carbocycles. The number of hydrogen-bond donors (Lipinski definition) is 2. The first-order valence-corrected chi connectivity index (χ1v) is 12.7. The highest BCUT2D eigenvalue weighted by molar-refractivity contribution is 7.09. The summed E-state index contributed by atoms with van der Waals surface area (Å²) < 4.78 is 0. The Morgan fingerprint density at radius 3 is 2.48 bits per heavy atom. The van der Waals surface area contributed by atoms with Gasteiger partial charge in [0.2, 0.25) is 5.91 Å². The predicted molar refractivity (Wildman–Crippen MR) is 125 cm³/mol. The topological polar surface area (TPSA) is 77.6 Å². The van der Waals surface area contributed by atoms with Crippen LogP contribution in [-0.2, 0) is 16.8 Å². The van der Waals surface area contributed by atoms with E-state index >= 15 is 0 Å².